The molecular formula is C10H11BrOS. The fourth-order valence-corrected chi connectivity index (χ4v) is 2.25. The van der Waals surface area contributed by atoms with E-state index in [0.717, 1.165) is 14.9 Å². The Morgan fingerprint density at radius 3 is 2.77 bits per heavy atom. The number of rotatable bonds is 3. The van der Waals surface area contributed by atoms with Crippen molar-refractivity contribution in [2.75, 3.05) is 0 Å². The van der Waals surface area contributed by atoms with Crippen molar-refractivity contribution in [2.24, 2.45) is 0 Å². The summed E-state index contributed by atoms with van der Waals surface area (Å²) in [4.78, 5) is 11.4. The summed E-state index contributed by atoms with van der Waals surface area (Å²) in [5.74, 6) is 0.166. The third kappa shape index (κ3) is 3.44. The SMILES string of the molecule is CC(C)=CC(=O)Cc1ccsc1Br. The van der Waals surface area contributed by atoms with E-state index in [-0.39, 0.29) is 5.78 Å². The normalized spacial score (nSPS) is 9.77. The second-order valence-electron chi connectivity index (χ2n) is 3.08. The Hall–Kier alpha value is -0.410. The highest BCUT2D eigenvalue weighted by Crippen LogP contribution is 2.23. The molecule has 70 valence electrons. The van der Waals surface area contributed by atoms with Crippen molar-refractivity contribution in [3.63, 3.8) is 0 Å². The number of carbonyl (C=O) groups excluding carboxylic acids is 1. The molecule has 0 N–H and O–H groups in total. The van der Waals surface area contributed by atoms with Gasteiger partial charge in [0.25, 0.3) is 0 Å². The second kappa shape index (κ2) is 4.72. The zero-order valence-electron chi connectivity index (χ0n) is 7.63. The quantitative estimate of drug-likeness (QED) is 0.758. The molecule has 0 unspecified atom stereocenters. The van der Waals surface area contributed by atoms with Gasteiger partial charge in [-0.2, -0.15) is 0 Å². The van der Waals surface area contributed by atoms with Gasteiger partial charge < -0.3 is 0 Å². The zero-order chi connectivity index (χ0) is 9.84. The van der Waals surface area contributed by atoms with Crippen molar-refractivity contribution in [1.29, 1.82) is 0 Å². The first-order valence-electron chi connectivity index (χ1n) is 3.99. The Morgan fingerprint density at radius 1 is 1.62 bits per heavy atom. The maximum absolute atomic E-state index is 11.4. The molecule has 13 heavy (non-hydrogen) atoms. The van der Waals surface area contributed by atoms with Gasteiger partial charge in [-0.3, -0.25) is 4.79 Å². The predicted molar refractivity (Wildman–Crippen MR) is 60.2 cm³/mol. The summed E-state index contributed by atoms with van der Waals surface area (Å²) in [6.07, 6.45) is 2.18. The molecule has 0 saturated heterocycles. The van der Waals surface area contributed by atoms with Gasteiger partial charge >= 0.3 is 0 Å². The van der Waals surface area contributed by atoms with Gasteiger partial charge in [0, 0.05) is 6.42 Å². The van der Waals surface area contributed by atoms with Gasteiger partial charge in [-0.25, -0.2) is 0 Å². The van der Waals surface area contributed by atoms with E-state index in [9.17, 15) is 4.79 Å². The zero-order valence-corrected chi connectivity index (χ0v) is 10.0. The Balaban J connectivity index is 2.66. The van der Waals surface area contributed by atoms with Crippen LogP contribution >= 0.6 is 27.3 Å². The lowest BCUT2D eigenvalue weighted by Gasteiger charge is -1.94. The van der Waals surface area contributed by atoms with Gasteiger partial charge in [0.05, 0.1) is 3.79 Å². The first-order chi connectivity index (χ1) is 6.09. The summed E-state index contributed by atoms with van der Waals surface area (Å²) in [6.45, 7) is 3.86. The molecule has 1 heterocycles. The topological polar surface area (TPSA) is 17.1 Å². The van der Waals surface area contributed by atoms with Crippen molar-refractivity contribution >= 4 is 33.0 Å². The summed E-state index contributed by atoms with van der Waals surface area (Å²) in [5, 5.41) is 1.98. The Kier molecular flexibility index (Phi) is 3.88. The van der Waals surface area contributed by atoms with E-state index >= 15 is 0 Å². The van der Waals surface area contributed by atoms with Crippen LogP contribution in [-0.2, 0) is 11.2 Å². The number of allylic oxidation sites excluding steroid dienone is 2. The summed E-state index contributed by atoms with van der Waals surface area (Å²) in [7, 11) is 0. The van der Waals surface area contributed by atoms with Crippen molar-refractivity contribution in [2.45, 2.75) is 20.3 Å². The molecule has 1 aromatic rings. The predicted octanol–water partition coefficient (Wildman–Crippen LogP) is 3.59. The van der Waals surface area contributed by atoms with Gasteiger partial charge in [-0.1, -0.05) is 5.57 Å². The van der Waals surface area contributed by atoms with Crippen LogP contribution in [0.4, 0.5) is 0 Å². The molecule has 0 atom stereocenters. The fraction of sp³-hybridized carbons (Fsp3) is 0.300. The van der Waals surface area contributed by atoms with Gasteiger partial charge in [0.2, 0.25) is 0 Å². The minimum atomic E-state index is 0.166. The van der Waals surface area contributed by atoms with Crippen LogP contribution in [0.2, 0.25) is 0 Å². The smallest absolute Gasteiger partial charge is 0.160 e. The molecule has 0 amide bonds. The Bertz CT molecular complexity index is 334. The lowest BCUT2D eigenvalue weighted by Crippen LogP contribution is -1.98. The molecule has 0 fully saturated rings. The first-order valence-corrected chi connectivity index (χ1v) is 5.66. The Labute approximate surface area is 90.6 Å². The molecule has 0 aliphatic heterocycles. The van der Waals surface area contributed by atoms with E-state index in [4.69, 9.17) is 0 Å². The lowest BCUT2D eigenvalue weighted by molar-refractivity contribution is -0.114. The van der Waals surface area contributed by atoms with Gasteiger partial charge in [-0.15, -0.1) is 11.3 Å². The number of ketones is 1. The van der Waals surface area contributed by atoms with Crippen LogP contribution in [0.1, 0.15) is 19.4 Å². The van der Waals surface area contributed by atoms with Crippen molar-refractivity contribution in [3.8, 4) is 0 Å². The average Bonchev–Trinajstić information content (AvgIpc) is 2.34. The van der Waals surface area contributed by atoms with Crippen LogP contribution in [0.3, 0.4) is 0 Å². The maximum atomic E-state index is 11.4. The summed E-state index contributed by atoms with van der Waals surface area (Å²) in [5.41, 5.74) is 2.13. The first kappa shape index (κ1) is 10.7. The molecule has 0 saturated carbocycles. The molecule has 0 aliphatic rings. The third-order valence-electron chi connectivity index (χ3n) is 1.51. The van der Waals surface area contributed by atoms with Gasteiger partial charge in [0.15, 0.2) is 5.78 Å². The van der Waals surface area contributed by atoms with Crippen LogP contribution in [0.15, 0.2) is 26.9 Å². The minimum absolute atomic E-state index is 0.166. The molecule has 1 nitrogen and oxygen atoms in total. The maximum Gasteiger partial charge on any atom is 0.160 e. The fourth-order valence-electron chi connectivity index (χ4n) is 1.01. The molecular weight excluding hydrogens is 248 g/mol. The monoisotopic (exact) mass is 258 g/mol. The summed E-state index contributed by atoms with van der Waals surface area (Å²) < 4.78 is 1.06. The van der Waals surface area contributed by atoms with Gasteiger partial charge in [-0.05, 0) is 52.9 Å². The number of halogens is 1. The molecule has 3 heteroatoms. The van der Waals surface area contributed by atoms with Crippen molar-refractivity contribution in [3.05, 3.63) is 32.4 Å². The highest BCUT2D eigenvalue weighted by molar-refractivity contribution is 9.11. The number of hydrogen-bond acceptors (Lipinski definition) is 2. The lowest BCUT2D eigenvalue weighted by atomic mass is 10.1. The van der Waals surface area contributed by atoms with Crippen LogP contribution < -0.4 is 0 Å². The van der Waals surface area contributed by atoms with Crippen LogP contribution in [0.25, 0.3) is 0 Å². The second-order valence-corrected chi connectivity index (χ2v) is 5.32. The van der Waals surface area contributed by atoms with E-state index < -0.39 is 0 Å². The highest BCUT2D eigenvalue weighted by Gasteiger charge is 2.05. The van der Waals surface area contributed by atoms with Crippen LogP contribution in [0, 0.1) is 0 Å². The molecule has 0 spiro atoms. The van der Waals surface area contributed by atoms with E-state index in [1.165, 1.54) is 0 Å². The van der Waals surface area contributed by atoms with E-state index in [2.05, 4.69) is 15.9 Å². The molecule has 0 radical (unpaired) electrons. The summed E-state index contributed by atoms with van der Waals surface area (Å²) in [6, 6.07) is 1.98. The van der Waals surface area contributed by atoms with Crippen molar-refractivity contribution < 1.29 is 4.79 Å². The minimum Gasteiger partial charge on any atom is -0.294 e. The summed E-state index contributed by atoms with van der Waals surface area (Å²) >= 11 is 5.02. The standard InChI is InChI=1S/C10H11BrOS/c1-7(2)5-9(12)6-8-3-4-13-10(8)11/h3-5H,6H2,1-2H3. The van der Waals surface area contributed by atoms with E-state index in [0.29, 0.717) is 6.42 Å². The van der Waals surface area contributed by atoms with Crippen LogP contribution in [0.5, 0.6) is 0 Å². The molecule has 0 aromatic carbocycles. The number of carbonyl (C=O) groups is 1. The van der Waals surface area contributed by atoms with E-state index in [1.54, 1.807) is 17.4 Å². The largest absolute Gasteiger partial charge is 0.294 e. The number of thiophene rings is 1. The third-order valence-corrected chi connectivity index (χ3v) is 3.32. The highest BCUT2D eigenvalue weighted by atomic mass is 79.9. The van der Waals surface area contributed by atoms with E-state index in [1.807, 2.05) is 25.3 Å². The number of hydrogen-bond donors (Lipinski definition) is 0. The van der Waals surface area contributed by atoms with Crippen molar-refractivity contribution in [1.82, 2.24) is 0 Å². The molecule has 1 aromatic heterocycles. The average molecular weight is 259 g/mol. The molecule has 0 bridgehead atoms. The Morgan fingerprint density at radius 2 is 2.31 bits per heavy atom. The molecule has 0 aliphatic carbocycles. The van der Waals surface area contributed by atoms with Crippen LogP contribution in [-0.4, -0.2) is 5.78 Å². The molecule has 1 rings (SSSR count). The van der Waals surface area contributed by atoms with Gasteiger partial charge in [0.1, 0.15) is 0 Å².